The summed E-state index contributed by atoms with van der Waals surface area (Å²) in [4.78, 5) is 19.9. The number of alkyl halides is 3. The summed E-state index contributed by atoms with van der Waals surface area (Å²) in [5, 5.41) is 3.80. The fraction of sp³-hybridized carbons (Fsp3) is 0.433. The van der Waals surface area contributed by atoms with Gasteiger partial charge in [-0.25, -0.2) is 14.2 Å². The molecule has 10 nitrogen and oxygen atoms in total. The van der Waals surface area contributed by atoms with Gasteiger partial charge in [-0.15, -0.1) is 0 Å². The Hall–Kier alpha value is -3.88. The van der Waals surface area contributed by atoms with Crippen LogP contribution < -0.4 is 15.2 Å². The molecule has 3 aliphatic heterocycles. The second kappa shape index (κ2) is 11.2. The van der Waals surface area contributed by atoms with Gasteiger partial charge in [0.05, 0.1) is 24.8 Å². The van der Waals surface area contributed by atoms with Crippen molar-refractivity contribution >= 4 is 11.6 Å². The molecule has 15 heteroatoms. The average molecular weight is 650 g/mol. The van der Waals surface area contributed by atoms with Crippen molar-refractivity contribution in [3.05, 3.63) is 80.4 Å². The largest absolute Gasteiger partial charge is 0.444 e. The maximum atomic E-state index is 14.8. The Morgan fingerprint density at radius 2 is 1.91 bits per heavy atom. The van der Waals surface area contributed by atoms with Crippen LogP contribution in [0.4, 0.5) is 17.6 Å². The molecular weight excluding hydrogens is 622 g/mol. The van der Waals surface area contributed by atoms with Crippen molar-refractivity contribution in [3.8, 4) is 23.0 Å². The van der Waals surface area contributed by atoms with E-state index in [1.54, 1.807) is 25.1 Å². The van der Waals surface area contributed by atoms with Crippen LogP contribution in [0.3, 0.4) is 0 Å². The van der Waals surface area contributed by atoms with Crippen LogP contribution in [0.2, 0.25) is 5.02 Å². The second-order valence-electron chi connectivity index (χ2n) is 11.6. The van der Waals surface area contributed by atoms with E-state index in [9.17, 15) is 22.4 Å². The van der Waals surface area contributed by atoms with Gasteiger partial charge in [-0.3, -0.25) is 14.4 Å². The van der Waals surface area contributed by atoms with Gasteiger partial charge in [-0.2, -0.15) is 13.2 Å². The molecule has 0 unspecified atom stereocenters. The number of aromatic nitrogens is 4. The highest BCUT2D eigenvalue weighted by molar-refractivity contribution is 6.30. The molecule has 7 rings (SSSR count). The van der Waals surface area contributed by atoms with Crippen LogP contribution in [-0.4, -0.2) is 50.4 Å². The third-order valence-electron chi connectivity index (χ3n) is 8.58. The summed E-state index contributed by atoms with van der Waals surface area (Å²) < 4.78 is 81.2. The van der Waals surface area contributed by atoms with Crippen molar-refractivity contribution in [3.63, 3.8) is 0 Å². The van der Waals surface area contributed by atoms with Crippen molar-refractivity contribution in [2.45, 2.75) is 63.3 Å². The maximum absolute atomic E-state index is 14.8. The molecule has 45 heavy (non-hydrogen) atoms. The topological polar surface area (TPSA) is 108 Å². The second-order valence-corrected chi connectivity index (χ2v) is 12.0. The average Bonchev–Trinajstić information content (AvgIpc) is 3.65. The molecule has 5 heterocycles. The van der Waals surface area contributed by atoms with Gasteiger partial charge in [0.15, 0.2) is 17.2 Å². The van der Waals surface area contributed by atoms with Crippen molar-refractivity contribution in [1.29, 1.82) is 0 Å². The predicted octanol–water partition coefficient (Wildman–Crippen LogP) is 5.85. The number of fused-ring (bicyclic) bond motifs is 1. The highest BCUT2D eigenvalue weighted by Gasteiger charge is 2.44. The number of imidazole rings is 1. The molecule has 0 radical (unpaired) electrons. The Morgan fingerprint density at radius 3 is 2.56 bits per heavy atom. The van der Waals surface area contributed by atoms with E-state index in [1.807, 2.05) is 17.0 Å². The summed E-state index contributed by atoms with van der Waals surface area (Å²) in [6, 6.07) is 9.92. The van der Waals surface area contributed by atoms with Crippen LogP contribution in [0.25, 0.3) is 11.5 Å². The summed E-state index contributed by atoms with van der Waals surface area (Å²) in [5.74, 6) is -1.91. The van der Waals surface area contributed by atoms with Gasteiger partial charge >= 0.3 is 11.9 Å². The van der Waals surface area contributed by atoms with Crippen LogP contribution in [0.15, 0.2) is 45.7 Å². The number of para-hydroxylation sites is 1. The van der Waals surface area contributed by atoms with E-state index < -0.39 is 29.2 Å². The first-order chi connectivity index (χ1) is 21.5. The lowest BCUT2D eigenvalue weighted by atomic mass is 9.88. The van der Waals surface area contributed by atoms with Crippen LogP contribution in [0, 0.1) is 5.82 Å². The van der Waals surface area contributed by atoms with Gasteiger partial charge in [0.1, 0.15) is 17.3 Å². The summed E-state index contributed by atoms with van der Waals surface area (Å²) in [5.41, 5.74) is -0.358. The molecule has 2 saturated heterocycles. The molecule has 2 aromatic heterocycles. The number of nitrogens with zero attached hydrogens (tertiary/aromatic N) is 4. The first-order valence-electron chi connectivity index (χ1n) is 14.5. The monoisotopic (exact) mass is 649 g/mol. The first kappa shape index (κ1) is 29.8. The lowest BCUT2D eigenvalue weighted by Crippen LogP contribution is -2.35. The molecule has 0 bridgehead atoms. The smallest absolute Gasteiger partial charge is 0.439 e. The molecule has 0 amide bonds. The first-order valence-corrected chi connectivity index (χ1v) is 14.9. The molecule has 3 aliphatic rings. The molecule has 238 valence electrons. The van der Waals surface area contributed by atoms with E-state index in [0.717, 1.165) is 5.56 Å². The normalized spacial score (nSPS) is 22.1. The quantitative estimate of drug-likeness (QED) is 0.249. The van der Waals surface area contributed by atoms with Crippen LogP contribution in [0.1, 0.15) is 54.7 Å². The minimum Gasteiger partial charge on any atom is -0.444 e. The summed E-state index contributed by atoms with van der Waals surface area (Å²) >= 11 is 5.94. The zero-order valence-corrected chi connectivity index (χ0v) is 24.8. The van der Waals surface area contributed by atoms with Gasteiger partial charge in [0.25, 0.3) is 5.79 Å². The number of ether oxygens (including phenoxy) is 3. The standard InChI is InChI=1S/C30H28ClF4N5O5/c1-29(20-6-5-17(31)13-21(20)32)43-22-4-2-3-19(25(22)44-29)16-7-10-39(11-8-16)15-23-36-26(30(33,34)35)24(27-37-28(41)45-38-27)40(23)14-18-9-12-42-18/h2-6,13,16,18H,7-12,14-15H2,1H3,(H,37,38,41)/t18-,29-/m0/s1. The fourth-order valence-electron chi connectivity index (χ4n) is 6.26. The van der Waals surface area contributed by atoms with Crippen LogP contribution in [0.5, 0.6) is 11.5 Å². The Labute approximate surface area is 258 Å². The number of H-pyrrole nitrogens is 1. The number of aromatic amines is 1. The number of rotatable bonds is 7. The van der Waals surface area contributed by atoms with Crippen LogP contribution in [-0.2, 0) is 29.8 Å². The van der Waals surface area contributed by atoms with E-state index in [-0.39, 0.29) is 53.0 Å². The minimum absolute atomic E-state index is 0.0711. The zero-order chi connectivity index (χ0) is 31.5. The molecule has 0 saturated carbocycles. The molecular formula is C30H28ClF4N5O5. The number of hydrogen-bond donors (Lipinski definition) is 1. The van der Waals surface area contributed by atoms with E-state index in [4.69, 9.17) is 25.8 Å². The molecule has 4 aromatic rings. The minimum atomic E-state index is -4.79. The highest BCUT2D eigenvalue weighted by atomic mass is 35.5. The van der Waals surface area contributed by atoms with E-state index in [0.29, 0.717) is 50.5 Å². The highest BCUT2D eigenvalue weighted by Crippen LogP contribution is 2.50. The summed E-state index contributed by atoms with van der Waals surface area (Å²) in [6.45, 7) is 3.59. The van der Waals surface area contributed by atoms with Crippen molar-refractivity contribution in [2.24, 2.45) is 0 Å². The van der Waals surface area contributed by atoms with Gasteiger partial charge < -0.3 is 18.8 Å². The maximum Gasteiger partial charge on any atom is 0.439 e. The lowest BCUT2D eigenvalue weighted by molar-refractivity contribution is -0.140. The van der Waals surface area contributed by atoms with Gasteiger partial charge in [0, 0.05) is 24.1 Å². The number of piperidine rings is 1. The molecule has 2 atom stereocenters. The fourth-order valence-corrected chi connectivity index (χ4v) is 6.42. The third kappa shape index (κ3) is 5.59. The van der Waals surface area contributed by atoms with Crippen LogP contribution >= 0.6 is 11.6 Å². The number of hydrogen-bond acceptors (Lipinski definition) is 8. The van der Waals surface area contributed by atoms with Gasteiger partial charge in [-0.05, 0) is 62.5 Å². The van der Waals surface area contributed by atoms with Crippen molar-refractivity contribution in [2.75, 3.05) is 19.7 Å². The number of halogens is 5. The van der Waals surface area contributed by atoms with E-state index >= 15 is 0 Å². The Kier molecular flexibility index (Phi) is 7.40. The number of likely N-dealkylation sites (tertiary alicyclic amines) is 1. The van der Waals surface area contributed by atoms with E-state index in [1.165, 1.54) is 10.6 Å². The molecule has 2 aromatic carbocycles. The van der Waals surface area contributed by atoms with Gasteiger partial charge in [0.2, 0.25) is 5.82 Å². The zero-order valence-electron chi connectivity index (χ0n) is 24.0. The predicted molar refractivity (Wildman–Crippen MR) is 151 cm³/mol. The Balaban J connectivity index is 1.11. The van der Waals surface area contributed by atoms with E-state index in [2.05, 4.69) is 19.6 Å². The number of benzene rings is 2. The molecule has 1 N–H and O–H groups in total. The number of nitrogens with one attached hydrogen (secondary N) is 1. The lowest BCUT2D eigenvalue weighted by Gasteiger charge is -2.33. The van der Waals surface area contributed by atoms with Gasteiger partial charge in [-0.1, -0.05) is 28.9 Å². The van der Waals surface area contributed by atoms with Crippen molar-refractivity contribution in [1.82, 2.24) is 24.6 Å². The SMILES string of the molecule is C[C@]1(c2ccc(Cl)cc2F)Oc2cccc(C3CCN(Cc4nc(C(F)(F)F)c(-c5noc(=O)[nH]5)n4C[C@@H]4CCO4)CC3)c2O1. The summed E-state index contributed by atoms with van der Waals surface area (Å²) in [6.07, 6.45) is -3.01. The third-order valence-corrected chi connectivity index (χ3v) is 8.82. The summed E-state index contributed by atoms with van der Waals surface area (Å²) in [7, 11) is 0. The molecule has 2 fully saturated rings. The van der Waals surface area contributed by atoms with Crippen molar-refractivity contribution < 1.29 is 36.3 Å². The Morgan fingerprint density at radius 1 is 1.13 bits per heavy atom. The molecule has 0 aliphatic carbocycles. The molecule has 0 spiro atoms. The Bertz CT molecular complexity index is 1790.